The summed E-state index contributed by atoms with van der Waals surface area (Å²) in [7, 11) is 1.67. The molecule has 0 aromatic heterocycles. The van der Waals surface area contributed by atoms with E-state index in [-0.39, 0.29) is 6.03 Å². The van der Waals surface area contributed by atoms with Gasteiger partial charge in [-0.25, -0.2) is 9.59 Å². The largest absolute Gasteiger partial charge is 0.480 e. The first-order chi connectivity index (χ1) is 7.02. The van der Waals surface area contributed by atoms with Crippen LogP contribution in [0.2, 0.25) is 0 Å². The molecular weight excluding hydrogens is 196 g/mol. The van der Waals surface area contributed by atoms with Gasteiger partial charge in [-0.3, -0.25) is 0 Å². The number of carbonyl (C=O) groups excluding carboxylic acids is 1. The number of unbranched alkanes of at least 4 members (excludes halogenated alkanes) is 1. The van der Waals surface area contributed by atoms with Gasteiger partial charge in [0.15, 0.2) is 0 Å². The number of rotatable bonds is 6. The lowest BCUT2D eigenvalue weighted by Gasteiger charge is -2.20. The SMILES string of the molecule is CCCCN(C)C(=O)N[C@@H](CC)C(=O)O. The molecule has 1 atom stereocenters. The van der Waals surface area contributed by atoms with Crippen molar-refractivity contribution in [3.8, 4) is 0 Å². The van der Waals surface area contributed by atoms with Gasteiger partial charge in [0.05, 0.1) is 0 Å². The molecule has 0 aliphatic heterocycles. The van der Waals surface area contributed by atoms with Crippen LogP contribution in [0.15, 0.2) is 0 Å². The van der Waals surface area contributed by atoms with E-state index in [1.54, 1.807) is 14.0 Å². The van der Waals surface area contributed by atoms with Gasteiger partial charge in [0.1, 0.15) is 6.04 Å². The molecule has 2 N–H and O–H groups in total. The molecule has 5 heteroatoms. The van der Waals surface area contributed by atoms with Gasteiger partial charge in [0, 0.05) is 13.6 Å². The van der Waals surface area contributed by atoms with Crippen LogP contribution in [0.4, 0.5) is 4.79 Å². The lowest BCUT2D eigenvalue weighted by atomic mass is 10.2. The summed E-state index contributed by atoms with van der Waals surface area (Å²) in [6.45, 7) is 4.42. The molecule has 0 aliphatic carbocycles. The number of hydrogen-bond donors (Lipinski definition) is 2. The van der Waals surface area contributed by atoms with E-state index in [9.17, 15) is 9.59 Å². The molecule has 0 aliphatic rings. The van der Waals surface area contributed by atoms with Crippen molar-refractivity contribution in [1.29, 1.82) is 0 Å². The van der Waals surface area contributed by atoms with Crippen LogP contribution in [-0.4, -0.2) is 41.6 Å². The van der Waals surface area contributed by atoms with Crippen LogP contribution in [0, 0.1) is 0 Å². The van der Waals surface area contributed by atoms with Crippen LogP contribution >= 0.6 is 0 Å². The van der Waals surface area contributed by atoms with E-state index in [1.165, 1.54) is 4.90 Å². The van der Waals surface area contributed by atoms with Crippen molar-refractivity contribution in [3.05, 3.63) is 0 Å². The zero-order valence-corrected chi connectivity index (χ0v) is 9.62. The topological polar surface area (TPSA) is 69.6 Å². The van der Waals surface area contributed by atoms with Crippen LogP contribution in [-0.2, 0) is 4.79 Å². The maximum Gasteiger partial charge on any atom is 0.326 e. The average molecular weight is 216 g/mol. The Hall–Kier alpha value is -1.26. The third-order valence-electron chi connectivity index (χ3n) is 2.20. The molecule has 2 amide bonds. The Bertz CT molecular complexity index is 219. The second-order valence-corrected chi connectivity index (χ2v) is 3.52. The minimum atomic E-state index is -0.991. The summed E-state index contributed by atoms with van der Waals surface area (Å²) in [6, 6.07) is -1.11. The minimum absolute atomic E-state index is 0.322. The fraction of sp³-hybridized carbons (Fsp3) is 0.800. The zero-order chi connectivity index (χ0) is 11.8. The van der Waals surface area contributed by atoms with Gasteiger partial charge in [-0.2, -0.15) is 0 Å². The first-order valence-corrected chi connectivity index (χ1v) is 5.27. The summed E-state index contributed by atoms with van der Waals surface area (Å²) >= 11 is 0. The van der Waals surface area contributed by atoms with Crippen molar-refractivity contribution in [3.63, 3.8) is 0 Å². The summed E-state index contributed by atoms with van der Waals surface area (Å²) < 4.78 is 0. The fourth-order valence-corrected chi connectivity index (χ4v) is 1.09. The summed E-state index contributed by atoms with van der Waals surface area (Å²) in [5.41, 5.74) is 0. The van der Waals surface area contributed by atoms with Crippen LogP contribution in [0.3, 0.4) is 0 Å². The molecule has 0 bridgehead atoms. The van der Waals surface area contributed by atoms with Crippen molar-refractivity contribution < 1.29 is 14.7 Å². The van der Waals surface area contributed by atoms with E-state index in [2.05, 4.69) is 5.32 Å². The van der Waals surface area contributed by atoms with Gasteiger partial charge in [-0.15, -0.1) is 0 Å². The van der Waals surface area contributed by atoms with Crippen molar-refractivity contribution >= 4 is 12.0 Å². The number of nitrogens with zero attached hydrogens (tertiary/aromatic N) is 1. The normalized spacial score (nSPS) is 11.9. The van der Waals surface area contributed by atoms with Crippen LogP contribution in [0.5, 0.6) is 0 Å². The van der Waals surface area contributed by atoms with Gasteiger partial charge in [0.25, 0.3) is 0 Å². The highest BCUT2D eigenvalue weighted by Crippen LogP contribution is 1.96. The Morgan fingerprint density at radius 2 is 2.00 bits per heavy atom. The molecule has 0 unspecified atom stereocenters. The highest BCUT2D eigenvalue weighted by Gasteiger charge is 2.19. The summed E-state index contributed by atoms with van der Waals surface area (Å²) in [4.78, 5) is 23.7. The molecule has 88 valence electrons. The predicted molar refractivity (Wildman–Crippen MR) is 57.8 cm³/mol. The number of aliphatic carboxylic acids is 1. The van der Waals surface area contributed by atoms with Gasteiger partial charge in [-0.05, 0) is 12.8 Å². The zero-order valence-electron chi connectivity index (χ0n) is 9.62. The van der Waals surface area contributed by atoms with Crippen molar-refractivity contribution in [2.24, 2.45) is 0 Å². The molecule has 0 aromatic rings. The van der Waals surface area contributed by atoms with Gasteiger partial charge >= 0.3 is 12.0 Å². The monoisotopic (exact) mass is 216 g/mol. The molecule has 0 saturated carbocycles. The lowest BCUT2D eigenvalue weighted by Crippen LogP contribution is -2.46. The Labute approximate surface area is 90.5 Å². The van der Waals surface area contributed by atoms with E-state index in [1.807, 2.05) is 6.92 Å². The van der Waals surface area contributed by atoms with Crippen molar-refractivity contribution in [2.45, 2.75) is 39.2 Å². The number of hydrogen-bond acceptors (Lipinski definition) is 2. The minimum Gasteiger partial charge on any atom is -0.480 e. The second-order valence-electron chi connectivity index (χ2n) is 3.52. The molecule has 0 saturated heterocycles. The van der Waals surface area contributed by atoms with E-state index in [4.69, 9.17) is 5.11 Å². The first-order valence-electron chi connectivity index (χ1n) is 5.27. The molecule has 0 rings (SSSR count). The second kappa shape index (κ2) is 7.09. The van der Waals surface area contributed by atoms with Gasteiger partial charge in [0.2, 0.25) is 0 Å². The molecule has 0 heterocycles. The third-order valence-corrected chi connectivity index (χ3v) is 2.20. The van der Waals surface area contributed by atoms with E-state index < -0.39 is 12.0 Å². The number of nitrogens with one attached hydrogen (secondary N) is 1. The molecule has 15 heavy (non-hydrogen) atoms. The van der Waals surface area contributed by atoms with E-state index >= 15 is 0 Å². The molecular formula is C10H20N2O3. The highest BCUT2D eigenvalue weighted by atomic mass is 16.4. The number of amides is 2. The number of carboxylic acids is 1. The lowest BCUT2D eigenvalue weighted by molar-refractivity contribution is -0.139. The molecule has 0 aromatic carbocycles. The summed E-state index contributed by atoms with van der Waals surface area (Å²) in [6.07, 6.45) is 2.32. The van der Waals surface area contributed by atoms with Crippen LogP contribution in [0.25, 0.3) is 0 Å². The smallest absolute Gasteiger partial charge is 0.326 e. The number of carbonyl (C=O) groups is 2. The Kier molecular flexibility index (Phi) is 6.49. The number of urea groups is 1. The maximum absolute atomic E-state index is 11.5. The molecule has 0 spiro atoms. The quantitative estimate of drug-likeness (QED) is 0.703. The van der Waals surface area contributed by atoms with E-state index in [0.717, 1.165) is 12.8 Å². The Balaban J connectivity index is 4.04. The van der Waals surface area contributed by atoms with Gasteiger partial charge in [-0.1, -0.05) is 20.3 Å². The third kappa shape index (κ3) is 5.24. The van der Waals surface area contributed by atoms with E-state index in [0.29, 0.717) is 13.0 Å². The molecule has 0 radical (unpaired) electrons. The highest BCUT2D eigenvalue weighted by molar-refractivity contribution is 5.82. The predicted octanol–water partition coefficient (Wildman–Crippen LogP) is 1.29. The summed E-state index contributed by atoms with van der Waals surface area (Å²) in [5.74, 6) is -0.991. The van der Waals surface area contributed by atoms with Gasteiger partial charge < -0.3 is 15.3 Å². The molecule has 0 fully saturated rings. The number of carboxylic acid groups (broad SMARTS) is 1. The fourth-order valence-electron chi connectivity index (χ4n) is 1.09. The van der Waals surface area contributed by atoms with Crippen LogP contribution < -0.4 is 5.32 Å². The Morgan fingerprint density at radius 3 is 2.40 bits per heavy atom. The summed E-state index contributed by atoms with van der Waals surface area (Å²) in [5, 5.41) is 11.2. The maximum atomic E-state index is 11.5. The average Bonchev–Trinajstić information content (AvgIpc) is 2.21. The Morgan fingerprint density at radius 1 is 1.40 bits per heavy atom. The van der Waals surface area contributed by atoms with Crippen molar-refractivity contribution in [1.82, 2.24) is 10.2 Å². The standard InChI is InChI=1S/C10H20N2O3/c1-4-6-7-12(3)10(15)11-8(5-2)9(13)14/h8H,4-7H2,1-3H3,(H,11,15)(H,13,14)/t8-/m0/s1. The first kappa shape index (κ1) is 13.7. The van der Waals surface area contributed by atoms with Crippen molar-refractivity contribution in [2.75, 3.05) is 13.6 Å². The van der Waals surface area contributed by atoms with Crippen LogP contribution in [0.1, 0.15) is 33.1 Å². The molecule has 5 nitrogen and oxygen atoms in total.